The zero-order valence-electron chi connectivity index (χ0n) is 17.2. The van der Waals surface area contributed by atoms with Crippen molar-refractivity contribution in [2.24, 2.45) is 11.7 Å². The first-order valence-corrected chi connectivity index (χ1v) is 10.4. The van der Waals surface area contributed by atoms with Gasteiger partial charge in [0.1, 0.15) is 5.56 Å². The molecule has 2 aromatic heterocycles. The molecule has 1 aliphatic rings. The van der Waals surface area contributed by atoms with E-state index in [1.54, 1.807) is 6.07 Å². The Kier molecular flexibility index (Phi) is 6.54. The van der Waals surface area contributed by atoms with Crippen LogP contribution >= 0.6 is 11.3 Å². The van der Waals surface area contributed by atoms with Crippen LogP contribution in [-0.4, -0.2) is 47.5 Å². The number of carbonyl (C=O) groups is 3. The predicted molar refractivity (Wildman–Crippen MR) is 117 cm³/mol. The molecular formula is C20H24N6O4S. The molecule has 0 aliphatic carbocycles. The van der Waals surface area contributed by atoms with Crippen LogP contribution < -0.4 is 21.5 Å². The minimum Gasteiger partial charge on any atom is -0.480 e. The van der Waals surface area contributed by atoms with Gasteiger partial charge in [-0.2, -0.15) is 0 Å². The lowest BCUT2D eigenvalue weighted by atomic mass is 9.93. The fourth-order valence-corrected chi connectivity index (χ4v) is 4.62. The van der Waals surface area contributed by atoms with Crippen LogP contribution in [0.15, 0.2) is 18.3 Å². The average molecular weight is 445 g/mol. The highest BCUT2D eigenvalue weighted by Gasteiger charge is 2.35. The van der Waals surface area contributed by atoms with Crippen LogP contribution in [0.2, 0.25) is 0 Å². The maximum absolute atomic E-state index is 13.0. The maximum Gasteiger partial charge on any atom is 0.313 e. The number of primary amides is 1. The molecule has 1 fully saturated rings. The van der Waals surface area contributed by atoms with Crippen LogP contribution in [0, 0.1) is 11.3 Å². The molecule has 3 amide bonds. The molecule has 0 aromatic carbocycles. The first-order valence-electron chi connectivity index (χ1n) is 9.60. The number of nitrogens with one attached hydrogen (secondary N) is 2. The predicted octanol–water partition coefficient (Wildman–Crippen LogP) is 1.77. The molecular weight excluding hydrogens is 420 g/mol. The third-order valence-electron chi connectivity index (χ3n) is 5.13. The molecule has 1 saturated heterocycles. The van der Waals surface area contributed by atoms with E-state index in [2.05, 4.69) is 10.3 Å². The standard InChI is InChI=1S/C20H24N6O4S/c1-10-3-4-14(15-5-11(7-21)17(23)31-15)26(9-10)20(29)18(28)25-12-6-13(16(22)27)19(30-2)24-8-12/h5-8,10,14,21H,3-4,9,23H2,1-2H3,(H2,22,27)(H,25,28)/t10-,14?/m0/s1. The molecule has 0 bridgehead atoms. The van der Waals surface area contributed by atoms with Crippen molar-refractivity contribution in [1.82, 2.24) is 9.88 Å². The number of nitrogens with two attached hydrogens (primary N) is 2. The minimum absolute atomic E-state index is 0.00884. The van der Waals surface area contributed by atoms with Crippen molar-refractivity contribution >= 4 is 46.0 Å². The zero-order valence-corrected chi connectivity index (χ0v) is 18.0. The molecule has 1 aliphatic heterocycles. The quantitative estimate of drug-likeness (QED) is 0.405. The summed E-state index contributed by atoms with van der Waals surface area (Å²) in [6.45, 7) is 2.44. The first-order chi connectivity index (χ1) is 14.7. The van der Waals surface area contributed by atoms with E-state index in [9.17, 15) is 14.4 Å². The number of rotatable bonds is 5. The summed E-state index contributed by atoms with van der Waals surface area (Å²) in [4.78, 5) is 43.7. The molecule has 11 heteroatoms. The van der Waals surface area contributed by atoms with Gasteiger partial charge < -0.3 is 31.8 Å². The largest absolute Gasteiger partial charge is 0.480 e. The Bertz CT molecular complexity index is 1040. The number of pyridine rings is 1. The number of hydrogen-bond acceptors (Lipinski definition) is 8. The van der Waals surface area contributed by atoms with E-state index >= 15 is 0 Å². The second kappa shape index (κ2) is 9.13. The molecule has 2 aromatic rings. The van der Waals surface area contributed by atoms with E-state index in [1.165, 1.54) is 41.8 Å². The minimum atomic E-state index is -0.849. The normalized spacial score (nSPS) is 18.3. The topological polar surface area (TPSA) is 164 Å². The second-order valence-corrected chi connectivity index (χ2v) is 8.48. The number of nitrogens with zero attached hydrogens (tertiary/aromatic N) is 2. The van der Waals surface area contributed by atoms with Crippen LogP contribution in [0.5, 0.6) is 5.88 Å². The van der Waals surface area contributed by atoms with E-state index in [0.29, 0.717) is 23.5 Å². The molecule has 2 atom stereocenters. The Labute approximate surface area is 183 Å². The Hall–Kier alpha value is -3.47. The third kappa shape index (κ3) is 4.66. The summed E-state index contributed by atoms with van der Waals surface area (Å²) in [6, 6.07) is 2.80. The van der Waals surface area contributed by atoms with E-state index < -0.39 is 17.7 Å². The number of thiophene rings is 1. The fourth-order valence-electron chi connectivity index (χ4n) is 3.56. The Morgan fingerprint density at radius 3 is 2.71 bits per heavy atom. The number of ether oxygens (including phenoxy) is 1. The molecule has 10 nitrogen and oxygen atoms in total. The third-order valence-corrected chi connectivity index (χ3v) is 6.22. The number of piperidine rings is 1. The van der Waals surface area contributed by atoms with Crippen molar-refractivity contribution in [3.63, 3.8) is 0 Å². The van der Waals surface area contributed by atoms with E-state index in [4.69, 9.17) is 21.6 Å². The Balaban J connectivity index is 1.83. The molecule has 3 rings (SSSR count). The van der Waals surface area contributed by atoms with Crippen molar-refractivity contribution < 1.29 is 19.1 Å². The van der Waals surface area contributed by atoms with Crippen molar-refractivity contribution in [2.75, 3.05) is 24.7 Å². The lowest BCUT2D eigenvalue weighted by Gasteiger charge is -2.37. The summed E-state index contributed by atoms with van der Waals surface area (Å²) in [5.41, 5.74) is 12.0. The first kappa shape index (κ1) is 22.2. The van der Waals surface area contributed by atoms with Gasteiger partial charge in [0.15, 0.2) is 0 Å². The van der Waals surface area contributed by atoms with Gasteiger partial charge in [-0.3, -0.25) is 14.4 Å². The highest BCUT2D eigenvalue weighted by atomic mass is 32.1. The molecule has 0 radical (unpaired) electrons. The summed E-state index contributed by atoms with van der Waals surface area (Å²) >= 11 is 1.32. The monoisotopic (exact) mass is 444 g/mol. The van der Waals surface area contributed by atoms with Crippen molar-refractivity contribution in [2.45, 2.75) is 25.8 Å². The van der Waals surface area contributed by atoms with E-state index in [-0.39, 0.29) is 29.1 Å². The smallest absolute Gasteiger partial charge is 0.313 e. The molecule has 0 spiro atoms. The van der Waals surface area contributed by atoms with Gasteiger partial charge in [-0.15, -0.1) is 11.3 Å². The van der Waals surface area contributed by atoms with Crippen molar-refractivity contribution in [1.29, 1.82) is 5.41 Å². The van der Waals surface area contributed by atoms with Crippen LogP contribution in [0.3, 0.4) is 0 Å². The highest BCUT2D eigenvalue weighted by Crippen LogP contribution is 2.39. The van der Waals surface area contributed by atoms with Crippen LogP contribution in [0.4, 0.5) is 10.7 Å². The van der Waals surface area contributed by atoms with Gasteiger partial charge in [-0.05, 0) is 30.9 Å². The number of hydrogen-bond donors (Lipinski definition) is 4. The maximum atomic E-state index is 13.0. The molecule has 1 unspecified atom stereocenters. The number of methoxy groups -OCH3 is 1. The summed E-state index contributed by atoms with van der Waals surface area (Å²) in [6.07, 6.45) is 4.04. The summed E-state index contributed by atoms with van der Waals surface area (Å²) in [5.74, 6) is -2.06. The zero-order chi connectivity index (χ0) is 22.7. The van der Waals surface area contributed by atoms with Crippen LogP contribution in [0.25, 0.3) is 0 Å². The number of amides is 3. The van der Waals surface area contributed by atoms with E-state index in [0.717, 1.165) is 11.3 Å². The van der Waals surface area contributed by atoms with E-state index in [1.807, 2.05) is 6.92 Å². The van der Waals surface area contributed by atoms with Gasteiger partial charge in [0.2, 0.25) is 5.88 Å². The van der Waals surface area contributed by atoms with Crippen molar-refractivity contribution in [3.05, 3.63) is 34.3 Å². The van der Waals surface area contributed by atoms with Crippen molar-refractivity contribution in [3.8, 4) is 5.88 Å². The van der Waals surface area contributed by atoms with Gasteiger partial charge in [-0.1, -0.05) is 6.92 Å². The van der Waals surface area contributed by atoms with Gasteiger partial charge in [-0.25, -0.2) is 4.98 Å². The SMILES string of the molecule is COc1ncc(NC(=O)C(=O)N2C[C@@H](C)CCC2c2cc(C=N)c(N)s2)cc1C(N)=O. The molecule has 3 heterocycles. The number of carbonyl (C=O) groups excluding carboxylic acids is 3. The van der Waals surface area contributed by atoms with Crippen LogP contribution in [-0.2, 0) is 9.59 Å². The van der Waals surface area contributed by atoms with Gasteiger partial charge >= 0.3 is 11.8 Å². The lowest BCUT2D eigenvalue weighted by Crippen LogP contribution is -2.46. The molecule has 6 N–H and O–H groups in total. The Morgan fingerprint density at radius 2 is 2.10 bits per heavy atom. The van der Waals surface area contributed by atoms with Gasteiger partial charge in [0, 0.05) is 23.2 Å². The number of aromatic nitrogens is 1. The number of nitrogen functional groups attached to an aromatic ring is 1. The summed E-state index contributed by atoms with van der Waals surface area (Å²) in [5, 5.41) is 10.4. The number of likely N-dealkylation sites (tertiary alicyclic amines) is 1. The lowest BCUT2D eigenvalue weighted by molar-refractivity contribution is -0.146. The fraction of sp³-hybridized carbons (Fsp3) is 0.350. The average Bonchev–Trinajstić information content (AvgIpc) is 3.13. The molecule has 0 saturated carbocycles. The highest BCUT2D eigenvalue weighted by molar-refractivity contribution is 7.16. The number of anilines is 2. The van der Waals surface area contributed by atoms with Crippen LogP contribution in [0.1, 0.15) is 46.6 Å². The second-order valence-electron chi connectivity index (χ2n) is 7.37. The Morgan fingerprint density at radius 1 is 1.35 bits per heavy atom. The van der Waals surface area contributed by atoms with Gasteiger partial charge in [0.25, 0.3) is 5.91 Å². The molecule has 164 valence electrons. The molecule has 31 heavy (non-hydrogen) atoms. The summed E-state index contributed by atoms with van der Waals surface area (Å²) < 4.78 is 4.98. The van der Waals surface area contributed by atoms with Gasteiger partial charge in [0.05, 0.1) is 30.0 Å². The summed E-state index contributed by atoms with van der Waals surface area (Å²) in [7, 11) is 1.34.